The number of hydrogen-bond acceptors (Lipinski definition) is 2. The first kappa shape index (κ1) is 19.0. The number of piperidine rings is 1. The van der Waals surface area contributed by atoms with Crippen LogP contribution in [-0.2, 0) is 11.0 Å². The van der Waals surface area contributed by atoms with Crippen LogP contribution in [-0.4, -0.2) is 36.5 Å². The second-order valence-electron chi connectivity index (χ2n) is 5.80. The molecule has 0 aliphatic carbocycles. The number of halogens is 4. The fourth-order valence-corrected chi connectivity index (χ4v) is 2.71. The maximum absolute atomic E-state index is 13.6. The minimum absolute atomic E-state index is 0.0503. The Kier molecular flexibility index (Phi) is 5.86. The standard InChI is InChI=1S/C16H19F4N3O2/c1-2-21-15(25)23-7-3-4-10(9-23)14(24)22-11-5-6-12(13(17)8-11)16(18,19)20/h5-6,8,10H,2-4,7,9H2,1H3,(H,21,25)(H,22,24)/t10-/m0/s1. The summed E-state index contributed by atoms with van der Waals surface area (Å²) < 4.78 is 51.2. The van der Waals surface area contributed by atoms with Crippen LogP contribution in [0.1, 0.15) is 25.3 Å². The fraction of sp³-hybridized carbons (Fsp3) is 0.500. The van der Waals surface area contributed by atoms with Crippen molar-refractivity contribution in [3.63, 3.8) is 0 Å². The Balaban J connectivity index is 2.02. The van der Waals surface area contributed by atoms with Gasteiger partial charge in [0.1, 0.15) is 5.82 Å². The van der Waals surface area contributed by atoms with E-state index in [1.54, 1.807) is 6.92 Å². The van der Waals surface area contributed by atoms with E-state index in [1.807, 2.05) is 0 Å². The summed E-state index contributed by atoms with van der Waals surface area (Å²) in [6.45, 7) is 2.99. The molecule has 0 spiro atoms. The lowest BCUT2D eigenvalue weighted by Crippen LogP contribution is -2.47. The summed E-state index contributed by atoms with van der Waals surface area (Å²) in [5, 5.41) is 5.07. The molecule has 2 N–H and O–H groups in total. The van der Waals surface area contributed by atoms with Crippen LogP contribution in [0, 0.1) is 11.7 Å². The third-order valence-corrected chi connectivity index (χ3v) is 3.95. The smallest absolute Gasteiger partial charge is 0.338 e. The highest BCUT2D eigenvalue weighted by atomic mass is 19.4. The Morgan fingerprint density at radius 1 is 1.32 bits per heavy atom. The van der Waals surface area contributed by atoms with Gasteiger partial charge in [0.25, 0.3) is 0 Å². The minimum Gasteiger partial charge on any atom is -0.338 e. The van der Waals surface area contributed by atoms with Crippen LogP contribution in [0.3, 0.4) is 0 Å². The van der Waals surface area contributed by atoms with E-state index in [-0.39, 0.29) is 18.3 Å². The molecular weight excluding hydrogens is 342 g/mol. The summed E-state index contributed by atoms with van der Waals surface area (Å²) in [5.41, 5.74) is -1.43. The molecule has 25 heavy (non-hydrogen) atoms. The molecule has 0 radical (unpaired) electrons. The van der Waals surface area contributed by atoms with Crippen molar-refractivity contribution in [1.82, 2.24) is 10.2 Å². The minimum atomic E-state index is -4.79. The molecule has 2 rings (SSSR count). The number of hydrogen-bond donors (Lipinski definition) is 2. The zero-order valence-electron chi connectivity index (χ0n) is 13.6. The molecule has 9 heteroatoms. The van der Waals surface area contributed by atoms with Crippen LogP contribution in [0.4, 0.5) is 28.0 Å². The molecule has 3 amide bonds. The van der Waals surface area contributed by atoms with E-state index in [0.29, 0.717) is 38.1 Å². The molecule has 1 aromatic rings. The molecule has 1 heterocycles. The molecule has 1 atom stereocenters. The zero-order valence-corrected chi connectivity index (χ0v) is 13.6. The lowest BCUT2D eigenvalue weighted by molar-refractivity contribution is -0.140. The van der Waals surface area contributed by atoms with E-state index in [9.17, 15) is 27.2 Å². The van der Waals surface area contributed by atoms with Gasteiger partial charge >= 0.3 is 12.2 Å². The van der Waals surface area contributed by atoms with Gasteiger partial charge in [0.15, 0.2) is 0 Å². The third kappa shape index (κ3) is 4.83. The van der Waals surface area contributed by atoms with Crippen LogP contribution in [0.2, 0.25) is 0 Å². The molecule has 1 fully saturated rings. The quantitative estimate of drug-likeness (QED) is 0.812. The summed E-state index contributed by atoms with van der Waals surface area (Å²) in [6, 6.07) is 1.98. The molecule has 1 saturated heterocycles. The normalized spacial score (nSPS) is 18.0. The van der Waals surface area contributed by atoms with Gasteiger partial charge in [-0.05, 0) is 38.0 Å². The molecule has 1 aromatic carbocycles. The van der Waals surface area contributed by atoms with E-state index in [0.717, 1.165) is 6.07 Å². The topological polar surface area (TPSA) is 61.4 Å². The molecular formula is C16H19F4N3O2. The first-order valence-corrected chi connectivity index (χ1v) is 7.92. The van der Waals surface area contributed by atoms with Crippen molar-refractivity contribution < 1.29 is 27.2 Å². The van der Waals surface area contributed by atoms with Gasteiger partial charge in [-0.1, -0.05) is 0 Å². The lowest BCUT2D eigenvalue weighted by atomic mass is 9.97. The molecule has 5 nitrogen and oxygen atoms in total. The number of alkyl halides is 3. The number of urea groups is 1. The SMILES string of the molecule is CCNC(=O)N1CCC[C@H](C(=O)Nc2ccc(C(F)(F)F)c(F)c2)C1. The number of carbonyl (C=O) groups excluding carboxylic acids is 2. The largest absolute Gasteiger partial charge is 0.419 e. The average molecular weight is 361 g/mol. The van der Waals surface area contributed by atoms with Crippen molar-refractivity contribution >= 4 is 17.6 Å². The monoisotopic (exact) mass is 361 g/mol. The first-order valence-electron chi connectivity index (χ1n) is 7.92. The van der Waals surface area contributed by atoms with Crippen molar-refractivity contribution in [3.05, 3.63) is 29.6 Å². The number of carbonyl (C=O) groups is 2. The number of amides is 3. The summed E-state index contributed by atoms with van der Waals surface area (Å²) in [4.78, 5) is 25.6. The van der Waals surface area contributed by atoms with Crippen molar-refractivity contribution in [2.45, 2.75) is 25.9 Å². The number of nitrogens with zero attached hydrogens (tertiary/aromatic N) is 1. The molecule has 1 aliphatic heterocycles. The van der Waals surface area contributed by atoms with Crippen LogP contribution >= 0.6 is 0 Å². The van der Waals surface area contributed by atoms with E-state index in [1.165, 1.54) is 4.90 Å². The summed E-state index contributed by atoms with van der Waals surface area (Å²) >= 11 is 0. The van der Waals surface area contributed by atoms with Gasteiger partial charge in [0, 0.05) is 25.3 Å². The number of nitrogens with one attached hydrogen (secondary N) is 2. The van der Waals surface area contributed by atoms with Crippen molar-refractivity contribution in [2.24, 2.45) is 5.92 Å². The number of rotatable bonds is 3. The van der Waals surface area contributed by atoms with Crippen molar-refractivity contribution in [2.75, 3.05) is 25.0 Å². The Labute approximate surface area is 142 Å². The number of likely N-dealkylation sites (tertiary alicyclic amines) is 1. The molecule has 1 aliphatic rings. The number of anilines is 1. The van der Waals surface area contributed by atoms with Crippen LogP contribution in [0.25, 0.3) is 0 Å². The first-order chi connectivity index (χ1) is 11.7. The predicted molar refractivity (Wildman–Crippen MR) is 83.4 cm³/mol. The fourth-order valence-electron chi connectivity index (χ4n) is 2.71. The predicted octanol–water partition coefficient (Wildman–Crippen LogP) is 3.22. The molecule has 0 unspecified atom stereocenters. The zero-order chi connectivity index (χ0) is 18.6. The molecule has 0 aromatic heterocycles. The Morgan fingerprint density at radius 2 is 2.04 bits per heavy atom. The van der Waals surface area contributed by atoms with Crippen LogP contribution < -0.4 is 10.6 Å². The Bertz CT molecular complexity index is 649. The maximum Gasteiger partial charge on any atom is 0.419 e. The van der Waals surface area contributed by atoms with Gasteiger partial charge in [0.2, 0.25) is 5.91 Å². The second kappa shape index (κ2) is 7.71. The van der Waals surface area contributed by atoms with Crippen LogP contribution in [0.5, 0.6) is 0 Å². The van der Waals surface area contributed by atoms with Gasteiger partial charge in [0.05, 0.1) is 11.5 Å². The van der Waals surface area contributed by atoms with E-state index in [2.05, 4.69) is 10.6 Å². The highest BCUT2D eigenvalue weighted by Gasteiger charge is 2.34. The van der Waals surface area contributed by atoms with Gasteiger partial charge in [-0.25, -0.2) is 9.18 Å². The van der Waals surface area contributed by atoms with E-state index < -0.39 is 29.4 Å². The summed E-state index contributed by atoms with van der Waals surface area (Å²) in [7, 11) is 0. The second-order valence-corrected chi connectivity index (χ2v) is 5.80. The highest BCUT2D eigenvalue weighted by Crippen LogP contribution is 2.32. The van der Waals surface area contributed by atoms with E-state index in [4.69, 9.17) is 0 Å². The van der Waals surface area contributed by atoms with Gasteiger partial charge < -0.3 is 15.5 Å². The van der Waals surface area contributed by atoms with Crippen molar-refractivity contribution in [3.8, 4) is 0 Å². The Hall–Kier alpha value is -2.32. The molecule has 138 valence electrons. The third-order valence-electron chi connectivity index (χ3n) is 3.95. The van der Waals surface area contributed by atoms with Crippen molar-refractivity contribution in [1.29, 1.82) is 0 Å². The molecule has 0 bridgehead atoms. The summed E-state index contributed by atoms with van der Waals surface area (Å²) in [6.07, 6.45) is -3.61. The van der Waals surface area contributed by atoms with Gasteiger partial charge in [-0.15, -0.1) is 0 Å². The maximum atomic E-state index is 13.6. The highest BCUT2D eigenvalue weighted by molar-refractivity contribution is 5.93. The van der Waals surface area contributed by atoms with Gasteiger partial charge in [-0.3, -0.25) is 4.79 Å². The summed E-state index contributed by atoms with van der Waals surface area (Å²) in [5.74, 6) is -2.40. The average Bonchev–Trinajstić information content (AvgIpc) is 2.54. The Morgan fingerprint density at radius 3 is 2.64 bits per heavy atom. The van der Waals surface area contributed by atoms with Gasteiger partial charge in [-0.2, -0.15) is 13.2 Å². The van der Waals surface area contributed by atoms with Crippen LogP contribution in [0.15, 0.2) is 18.2 Å². The lowest BCUT2D eigenvalue weighted by Gasteiger charge is -2.32. The number of benzene rings is 1. The van der Waals surface area contributed by atoms with E-state index >= 15 is 0 Å². The molecule has 0 saturated carbocycles.